The lowest BCUT2D eigenvalue weighted by molar-refractivity contribution is 0.0780. The Bertz CT molecular complexity index is 664. The van der Waals surface area contributed by atoms with Gasteiger partial charge in [-0.2, -0.15) is 0 Å². The molecule has 2 N–H and O–H groups in total. The molecule has 0 radical (unpaired) electrons. The third-order valence-corrected chi connectivity index (χ3v) is 4.42. The van der Waals surface area contributed by atoms with E-state index in [0.717, 1.165) is 16.5 Å². The number of thiophene rings is 1. The summed E-state index contributed by atoms with van der Waals surface area (Å²) in [6, 6.07) is 5.71. The molecule has 0 aliphatic carbocycles. The Morgan fingerprint density at radius 2 is 2.29 bits per heavy atom. The minimum absolute atomic E-state index is 0.0440. The SMILES string of the molecule is C=CCN(CCC)C(=O)c1sc2cccc(OC)c2c1N. The predicted octanol–water partition coefficient (Wildman–Crippen LogP) is 3.53. The molecule has 1 aromatic carbocycles. The zero-order chi connectivity index (χ0) is 15.4. The van der Waals surface area contributed by atoms with E-state index in [0.29, 0.717) is 29.4 Å². The zero-order valence-electron chi connectivity index (χ0n) is 12.4. The highest BCUT2D eigenvalue weighted by Gasteiger charge is 2.22. The van der Waals surface area contributed by atoms with Crippen LogP contribution >= 0.6 is 11.3 Å². The second-order valence-electron chi connectivity index (χ2n) is 4.72. The Balaban J connectivity index is 2.48. The van der Waals surface area contributed by atoms with Crippen LogP contribution in [0.5, 0.6) is 5.75 Å². The third kappa shape index (κ3) is 2.88. The normalized spacial score (nSPS) is 10.6. The number of nitrogens with zero attached hydrogens (tertiary/aromatic N) is 1. The fraction of sp³-hybridized carbons (Fsp3) is 0.312. The minimum Gasteiger partial charge on any atom is -0.496 e. The molecule has 4 nitrogen and oxygen atoms in total. The van der Waals surface area contributed by atoms with E-state index >= 15 is 0 Å². The van der Waals surface area contributed by atoms with E-state index in [9.17, 15) is 4.79 Å². The average molecular weight is 304 g/mol. The molecular formula is C16H20N2O2S. The van der Waals surface area contributed by atoms with Gasteiger partial charge in [0, 0.05) is 17.8 Å². The van der Waals surface area contributed by atoms with Crippen molar-refractivity contribution >= 4 is 33.0 Å². The van der Waals surface area contributed by atoms with E-state index in [4.69, 9.17) is 10.5 Å². The smallest absolute Gasteiger partial charge is 0.266 e. The van der Waals surface area contributed by atoms with Crippen molar-refractivity contribution < 1.29 is 9.53 Å². The number of hydrogen-bond acceptors (Lipinski definition) is 4. The zero-order valence-corrected chi connectivity index (χ0v) is 13.2. The molecule has 112 valence electrons. The van der Waals surface area contributed by atoms with Crippen LogP contribution in [0, 0.1) is 0 Å². The van der Waals surface area contributed by atoms with Gasteiger partial charge in [-0.05, 0) is 18.6 Å². The molecule has 1 amide bonds. The standard InChI is InChI=1S/C16H20N2O2S/c1-4-9-18(10-5-2)16(19)15-14(17)13-11(20-3)7-6-8-12(13)21-15/h4,6-8H,1,5,9-10,17H2,2-3H3. The number of ether oxygens (including phenoxy) is 1. The topological polar surface area (TPSA) is 55.6 Å². The molecule has 0 fully saturated rings. The first-order valence-corrected chi connectivity index (χ1v) is 7.70. The number of amides is 1. The van der Waals surface area contributed by atoms with E-state index < -0.39 is 0 Å². The maximum absolute atomic E-state index is 12.7. The van der Waals surface area contributed by atoms with Crippen molar-refractivity contribution in [3.05, 3.63) is 35.7 Å². The van der Waals surface area contributed by atoms with Crippen LogP contribution in [0.3, 0.4) is 0 Å². The van der Waals surface area contributed by atoms with Crippen LogP contribution in [0.2, 0.25) is 0 Å². The molecular weight excluding hydrogens is 284 g/mol. The van der Waals surface area contributed by atoms with Crippen LogP contribution in [0.25, 0.3) is 10.1 Å². The summed E-state index contributed by atoms with van der Waals surface area (Å²) in [5.74, 6) is 0.656. The Hall–Kier alpha value is -2.01. The van der Waals surface area contributed by atoms with E-state index in [1.807, 2.05) is 25.1 Å². The highest BCUT2D eigenvalue weighted by Crippen LogP contribution is 2.39. The Kier molecular flexibility index (Phi) is 4.85. The molecule has 5 heteroatoms. The summed E-state index contributed by atoms with van der Waals surface area (Å²) in [7, 11) is 1.61. The number of methoxy groups -OCH3 is 1. The van der Waals surface area contributed by atoms with Gasteiger partial charge in [0.2, 0.25) is 0 Å². The quantitative estimate of drug-likeness (QED) is 0.831. The Labute approximate surface area is 128 Å². The van der Waals surface area contributed by atoms with Crippen molar-refractivity contribution in [1.29, 1.82) is 0 Å². The molecule has 0 saturated carbocycles. The van der Waals surface area contributed by atoms with Crippen molar-refractivity contribution in [1.82, 2.24) is 4.90 Å². The molecule has 21 heavy (non-hydrogen) atoms. The van der Waals surface area contributed by atoms with E-state index in [1.165, 1.54) is 11.3 Å². The fourth-order valence-electron chi connectivity index (χ4n) is 2.31. The molecule has 0 atom stereocenters. The summed E-state index contributed by atoms with van der Waals surface area (Å²) in [6.45, 7) is 6.97. The van der Waals surface area contributed by atoms with Gasteiger partial charge in [-0.25, -0.2) is 0 Å². The second kappa shape index (κ2) is 6.63. The number of hydrogen-bond donors (Lipinski definition) is 1. The van der Waals surface area contributed by atoms with Crippen LogP contribution in [-0.2, 0) is 0 Å². The van der Waals surface area contributed by atoms with Gasteiger partial charge in [0.25, 0.3) is 5.91 Å². The van der Waals surface area contributed by atoms with Gasteiger partial charge in [0.05, 0.1) is 18.2 Å². The third-order valence-electron chi connectivity index (χ3n) is 3.26. The van der Waals surface area contributed by atoms with E-state index in [-0.39, 0.29) is 5.91 Å². The first-order valence-electron chi connectivity index (χ1n) is 6.89. The molecule has 1 heterocycles. The lowest BCUT2D eigenvalue weighted by Gasteiger charge is -2.19. The van der Waals surface area contributed by atoms with Gasteiger partial charge in [0.1, 0.15) is 10.6 Å². The number of benzene rings is 1. The first kappa shape index (κ1) is 15.4. The lowest BCUT2D eigenvalue weighted by atomic mass is 10.2. The fourth-order valence-corrected chi connectivity index (χ4v) is 3.42. The van der Waals surface area contributed by atoms with Crippen LogP contribution in [-0.4, -0.2) is 31.0 Å². The van der Waals surface area contributed by atoms with Crippen LogP contribution < -0.4 is 10.5 Å². The largest absolute Gasteiger partial charge is 0.496 e. The van der Waals surface area contributed by atoms with Gasteiger partial charge in [-0.15, -0.1) is 17.9 Å². The molecule has 2 rings (SSSR count). The molecule has 2 aromatic rings. The minimum atomic E-state index is -0.0440. The number of nitrogen functional groups attached to an aromatic ring is 1. The molecule has 0 bridgehead atoms. The van der Waals surface area contributed by atoms with Crippen molar-refractivity contribution in [3.8, 4) is 5.75 Å². The maximum Gasteiger partial charge on any atom is 0.266 e. The summed E-state index contributed by atoms with van der Waals surface area (Å²) in [5, 5.41) is 0.823. The molecule has 0 aliphatic heterocycles. The number of rotatable bonds is 6. The maximum atomic E-state index is 12.7. The molecule has 1 aromatic heterocycles. The lowest BCUT2D eigenvalue weighted by Crippen LogP contribution is -2.31. The number of fused-ring (bicyclic) bond motifs is 1. The van der Waals surface area contributed by atoms with Crippen LogP contribution in [0.4, 0.5) is 5.69 Å². The monoisotopic (exact) mass is 304 g/mol. The van der Waals surface area contributed by atoms with Gasteiger partial charge in [0.15, 0.2) is 0 Å². The van der Waals surface area contributed by atoms with Crippen molar-refractivity contribution in [2.75, 3.05) is 25.9 Å². The van der Waals surface area contributed by atoms with Gasteiger partial charge in [-0.1, -0.05) is 19.1 Å². The first-order chi connectivity index (χ1) is 10.1. The summed E-state index contributed by atoms with van der Waals surface area (Å²) < 4.78 is 6.31. The summed E-state index contributed by atoms with van der Waals surface area (Å²) >= 11 is 1.41. The van der Waals surface area contributed by atoms with Crippen LogP contribution in [0.15, 0.2) is 30.9 Å². The Morgan fingerprint density at radius 3 is 2.90 bits per heavy atom. The van der Waals surface area contributed by atoms with Gasteiger partial charge in [-0.3, -0.25) is 4.79 Å². The van der Waals surface area contributed by atoms with Gasteiger partial charge >= 0.3 is 0 Å². The number of carbonyl (C=O) groups excluding carboxylic acids is 1. The number of anilines is 1. The number of carbonyl (C=O) groups is 1. The highest BCUT2D eigenvalue weighted by molar-refractivity contribution is 7.21. The van der Waals surface area contributed by atoms with Crippen molar-refractivity contribution in [2.24, 2.45) is 0 Å². The van der Waals surface area contributed by atoms with Crippen molar-refractivity contribution in [2.45, 2.75) is 13.3 Å². The summed E-state index contributed by atoms with van der Waals surface area (Å²) in [6.07, 6.45) is 2.63. The Morgan fingerprint density at radius 1 is 1.52 bits per heavy atom. The number of nitrogens with two attached hydrogens (primary N) is 1. The van der Waals surface area contributed by atoms with Crippen molar-refractivity contribution in [3.63, 3.8) is 0 Å². The van der Waals surface area contributed by atoms with Crippen LogP contribution in [0.1, 0.15) is 23.0 Å². The van der Waals surface area contributed by atoms with E-state index in [1.54, 1.807) is 18.1 Å². The summed E-state index contributed by atoms with van der Waals surface area (Å²) in [4.78, 5) is 15.0. The van der Waals surface area contributed by atoms with Gasteiger partial charge < -0.3 is 15.4 Å². The summed E-state index contributed by atoms with van der Waals surface area (Å²) in [5.41, 5.74) is 6.71. The second-order valence-corrected chi connectivity index (χ2v) is 5.77. The molecule has 0 spiro atoms. The molecule has 0 aliphatic rings. The highest BCUT2D eigenvalue weighted by atomic mass is 32.1. The average Bonchev–Trinajstić information content (AvgIpc) is 2.83. The molecule has 0 unspecified atom stereocenters. The van der Waals surface area contributed by atoms with E-state index in [2.05, 4.69) is 6.58 Å². The predicted molar refractivity (Wildman–Crippen MR) is 89.2 cm³/mol. The molecule has 0 saturated heterocycles.